The zero-order valence-electron chi connectivity index (χ0n) is 27.5. The van der Waals surface area contributed by atoms with Crippen molar-refractivity contribution in [1.29, 1.82) is 0 Å². The molecular weight excluding hydrogens is 488 g/mol. The van der Waals surface area contributed by atoms with Crippen molar-refractivity contribution in [2.24, 2.45) is 0 Å². The fraction of sp³-hybridized carbons (Fsp3) is 1.00. The van der Waals surface area contributed by atoms with Crippen LogP contribution in [-0.4, -0.2) is 0 Å². The summed E-state index contributed by atoms with van der Waals surface area (Å²) >= 11 is 0. The van der Waals surface area contributed by atoms with Crippen LogP contribution in [0.5, 0.6) is 0 Å². The summed E-state index contributed by atoms with van der Waals surface area (Å²) in [5.74, 6) is 0. The van der Waals surface area contributed by atoms with Crippen LogP contribution in [0.3, 0.4) is 0 Å². The van der Waals surface area contributed by atoms with E-state index in [9.17, 15) is 0 Å². The van der Waals surface area contributed by atoms with Crippen LogP contribution in [0.25, 0.3) is 0 Å². The van der Waals surface area contributed by atoms with Crippen LogP contribution in [0.1, 0.15) is 188 Å². The topological polar surface area (TPSA) is 0 Å². The number of hydrogen-bond donors (Lipinski definition) is 0. The Labute approximate surface area is 224 Å². The lowest BCUT2D eigenvalue weighted by Crippen LogP contribution is -1.47. The molecule has 0 spiro atoms. The van der Waals surface area contributed by atoms with Crippen molar-refractivity contribution >= 4 is 0 Å². The monoisotopic (exact) mass is 561 g/mol. The van der Waals surface area contributed by atoms with Crippen molar-refractivity contribution in [2.75, 3.05) is 0 Å². The predicted molar refractivity (Wildman–Crippen MR) is 155 cm³/mol. The van der Waals surface area contributed by atoms with Crippen LogP contribution in [0.15, 0.2) is 0 Å². The maximum atomic E-state index is 8.00. The van der Waals surface area contributed by atoms with E-state index < -0.39 is 0 Å². The van der Waals surface area contributed by atoms with Gasteiger partial charge in [0.25, 0.3) is 0 Å². The second kappa shape index (κ2) is 294. The van der Waals surface area contributed by atoms with Gasteiger partial charge in [0.15, 0.2) is 0 Å². The molecule has 0 heterocycles. The molecule has 0 aliphatic heterocycles. The third-order valence-electron chi connectivity index (χ3n) is 2.00. The van der Waals surface area contributed by atoms with Gasteiger partial charge in [0, 0.05) is 36.6 Å². The second-order valence-electron chi connectivity index (χ2n) is 6.83. The first-order valence-corrected chi connectivity index (χ1v) is 13.9. The summed E-state index contributed by atoms with van der Waals surface area (Å²) < 4.78 is 64.0. The molecule has 8 heteroatoms. The summed E-state index contributed by atoms with van der Waals surface area (Å²) in [6, 6.07) is 0. The van der Waals surface area contributed by atoms with E-state index in [1.807, 2.05) is 0 Å². The Kier molecular flexibility index (Phi) is 625. The lowest BCUT2D eigenvalue weighted by Gasteiger charge is -1.68. The van der Waals surface area contributed by atoms with Crippen LogP contribution in [-0.2, 0) is 0 Å². The third-order valence-corrected chi connectivity index (χ3v) is 2.00. The molecule has 36 heavy (non-hydrogen) atoms. The molecule has 0 unspecified atom stereocenters. The number of hydrogen-bond acceptors (Lipinski definition) is 0. The van der Waals surface area contributed by atoms with Gasteiger partial charge in [0.05, 0.1) is 0 Å². The Morgan fingerprint density at radius 1 is 0.194 bits per heavy atom. The smallest absolute Gasteiger partial charge is 0 e. The van der Waals surface area contributed by atoms with Gasteiger partial charge >= 0.3 is 0 Å². The van der Waals surface area contributed by atoms with Gasteiger partial charge in [-0.15, -0.1) is 0 Å². The Balaban J connectivity index is -0.0000000176. The highest BCUT2D eigenvalue weighted by Gasteiger charge is 1.57. The molecule has 0 aliphatic carbocycles. The SMILES string of the molecule is CCC.CCC.CCC.CCC.CCCC.CCCC.CCCC.CCCC.FF.FF.FF.FF. The van der Waals surface area contributed by atoms with E-state index in [1.54, 1.807) is 0 Å². The van der Waals surface area contributed by atoms with Crippen molar-refractivity contribution < 1.29 is 36.6 Å². The molecule has 0 aromatic rings. The van der Waals surface area contributed by atoms with Crippen LogP contribution in [0.4, 0.5) is 36.6 Å². The van der Waals surface area contributed by atoms with Gasteiger partial charge in [0.2, 0.25) is 0 Å². The Morgan fingerprint density at radius 3 is 0.222 bits per heavy atom. The molecular formula is C28H72F8. The van der Waals surface area contributed by atoms with Crippen molar-refractivity contribution in [3.63, 3.8) is 0 Å². The van der Waals surface area contributed by atoms with Gasteiger partial charge in [-0.25, -0.2) is 0 Å². The molecule has 0 fully saturated rings. The average Bonchev–Trinajstić information content (AvgIpc) is 2.95. The molecule has 0 saturated carbocycles. The first-order valence-electron chi connectivity index (χ1n) is 13.9. The molecule has 0 N–H and O–H groups in total. The molecule has 0 amide bonds. The molecule has 0 saturated heterocycles. The van der Waals surface area contributed by atoms with Gasteiger partial charge in [-0.1, -0.05) is 188 Å². The molecule has 0 rings (SSSR count). The number of rotatable bonds is 4. The Hall–Kier alpha value is -0.560. The van der Waals surface area contributed by atoms with E-state index >= 15 is 0 Å². The normalized spacial score (nSPS) is 6.00. The number of unbranched alkanes of at least 4 members (excludes halogenated alkanes) is 4. The van der Waals surface area contributed by atoms with E-state index in [1.165, 1.54) is 77.0 Å². The van der Waals surface area contributed by atoms with E-state index in [-0.39, 0.29) is 0 Å². The van der Waals surface area contributed by atoms with Crippen molar-refractivity contribution in [1.82, 2.24) is 0 Å². The Bertz CT molecular complexity index is 81.6. The standard InChI is InChI=1S/4C4H10.4C3H8.4F2/c4*1-3-4-2;4*1-3-2;4*1-2/h4*3-4H2,1-2H3;4*3H2,1-2H3;;;;. The summed E-state index contributed by atoms with van der Waals surface area (Å²) in [6.07, 6.45) is 15.6. The minimum Gasteiger partial charge on any atom is -0.0656 e. The molecule has 0 aliphatic rings. The fourth-order valence-electron chi connectivity index (χ4n) is 0. The summed E-state index contributed by atoms with van der Waals surface area (Å²) in [4.78, 5) is 0. The summed E-state index contributed by atoms with van der Waals surface area (Å²) in [7, 11) is 0. The maximum Gasteiger partial charge on any atom is 0 e. The van der Waals surface area contributed by atoms with E-state index in [0.29, 0.717) is 0 Å². The largest absolute Gasteiger partial charge is 0.0656 e. The van der Waals surface area contributed by atoms with E-state index in [4.69, 9.17) is 36.6 Å². The van der Waals surface area contributed by atoms with Crippen LogP contribution in [0.2, 0.25) is 0 Å². The van der Waals surface area contributed by atoms with Crippen LogP contribution < -0.4 is 0 Å². The van der Waals surface area contributed by atoms with Crippen molar-refractivity contribution in [3.8, 4) is 0 Å². The van der Waals surface area contributed by atoms with Gasteiger partial charge < -0.3 is 0 Å². The second-order valence-corrected chi connectivity index (χ2v) is 6.83. The lowest BCUT2D eigenvalue weighted by molar-refractivity contribution is 0.108. The first kappa shape index (κ1) is 76.5. The zero-order chi connectivity index (χ0) is 32.5. The van der Waals surface area contributed by atoms with Gasteiger partial charge in [-0.05, 0) is 0 Å². The molecule has 0 bridgehead atoms. The highest BCUT2D eigenvalue weighted by molar-refractivity contribution is 4.13. The minimum atomic E-state index is 1.25. The molecule has 0 nitrogen and oxygen atoms in total. The number of halogens is 8. The zero-order valence-corrected chi connectivity index (χ0v) is 27.5. The quantitative estimate of drug-likeness (QED) is 0.300. The molecule has 0 atom stereocenters. The van der Waals surface area contributed by atoms with Gasteiger partial charge in [0.1, 0.15) is 0 Å². The minimum absolute atomic E-state index is 1.25. The van der Waals surface area contributed by atoms with E-state index in [2.05, 4.69) is 111 Å². The summed E-state index contributed by atoms with van der Waals surface area (Å²) in [6.45, 7) is 34.4. The first-order chi connectivity index (χ1) is 17.3. The highest BCUT2D eigenvalue weighted by Crippen LogP contribution is 1.78. The summed E-state index contributed by atoms with van der Waals surface area (Å²) in [5.41, 5.74) is 0. The van der Waals surface area contributed by atoms with Gasteiger partial charge in [-0.3, -0.25) is 0 Å². The summed E-state index contributed by atoms with van der Waals surface area (Å²) in [5, 5.41) is 0. The molecule has 240 valence electrons. The highest BCUT2D eigenvalue weighted by atomic mass is 20.0. The maximum absolute atomic E-state index is 8.00. The van der Waals surface area contributed by atoms with Gasteiger partial charge in [-0.2, -0.15) is 0 Å². The fourth-order valence-corrected chi connectivity index (χ4v) is 0. The predicted octanol–water partition coefficient (Wildman–Crippen LogP) is 16.3. The van der Waals surface area contributed by atoms with Crippen molar-refractivity contribution in [3.05, 3.63) is 0 Å². The molecule has 0 aromatic carbocycles. The average molecular weight is 561 g/mol. The molecule has 0 radical (unpaired) electrons. The van der Waals surface area contributed by atoms with Crippen LogP contribution in [0, 0.1) is 0 Å². The van der Waals surface area contributed by atoms with E-state index in [0.717, 1.165) is 0 Å². The molecule has 0 aromatic heterocycles. The van der Waals surface area contributed by atoms with Crippen LogP contribution >= 0.6 is 0 Å². The lowest BCUT2D eigenvalue weighted by atomic mass is 10.4. The van der Waals surface area contributed by atoms with Crippen molar-refractivity contribution in [2.45, 2.75) is 188 Å². The third kappa shape index (κ3) is 2970. The Morgan fingerprint density at radius 2 is 0.222 bits per heavy atom.